The van der Waals surface area contributed by atoms with Crippen LogP contribution in [0.3, 0.4) is 0 Å². The molecule has 3 aromatic carbocycles. The second-order valence-corrected chi connectivity index (χ2v) is 8.36. The number of rotatable bonds is 5. The molecule has 2 aliphatic rings. The number of hydrogen-bond acceptors (Lipinski definition) is 4. The lowest BCUT2D eigenvalue weighted by atomic mass is 9.93. The van der Waals surface area contributed by atoms with E-state index in [1.165, 1.54) is 0 Å². The van der Waals surface area contributed by atoms with Crippen LogP contribution >= 0.6 is 0 Å². The van der Waals surface area contributed by atoms with Crippen LogP contribution in [0.15, 0.2) is 54.6 Å². The SMILES string of the molecule is O=C(O)c1cc(-c2cc(NC(=O)C3(c4ccc5c(c4)OCO5)CC3)ccc2C(F)(F)F)ccc1F.[HH].[HH]. The molecule has 2 N–H and O–H groups in total. The van der Waals surface area contributed by atoms with E-state index in [4.69, 9.17) is 14.6 Å². The number of carboxylic acid groups (broad SMARTS) is 1. The molecule has 0 aromatic heterocycles. The highest BCUT2D eigenvalue weighted by molar-refractivity contribution is 6.02. The molecule has 6 nitrogen and oxygen atoms in total. The highest BCUT2D eigenvalue weighted by Crippen LogP contribution is 2.51. The Morgan fingerprint density at radius 1 is 0.971 bits per heavy atom. The molecule has 0 spiro atoms. The van der Waals surface area contributed by atoms with Crippen LogP contribution in [-0.4, -0.2) is 23.8 Å². The quantitative estimate of drug-likeness (QED) is 0.422. The van der Waals surface area contributed by atoms with Gasteiger partial charge < -0.3 is 19.9 Å². The van der Waals surface area contributed by atoms with Crippen LogP contribution < -0.4 is 14.8 Å². The fourth-order valence-electron chi connectivity index (χ4n) is 4.18. The molecule has 0 bridgehead atoms. The minimum absolute atomic E-state index is 0. The maximum atomic E-state index is 13.8. The molecule has 1 saturated carbocycles. The van der Waals surface area contributed by atoms with Gasteiger partial charge in [-0.1, -0.05) is 12.1 Å². The number of aromatic carboxylic acids is 1. The van der Waals surface area contributed by atoms with Crippen LogP contribution in [-0.2, 0) is 16.4 Å². The van der Waals surface area contributed by atoms with Crippen LogP contribution in [0.5, 0.6) is 11.5 Å². The lowest BCUT2D eigenvalue weighted by molar-refractivity contribution is -0.137. The molecule has 0 saturated heterocycles. The topological polar surface area (TPSA) is 84.9 Å². The number of fused-ring (bicyclic) bond motifs is 1. The number of halogens is 4. The predicted molar refractivity (Wildman–Crippen MR) is 120 cm³/mol. The molecule has 1 amide bonds. The molecule has 1 fully saturated rings. The molecule has 0 radical (unpaired) electrons. The van der Waals surface area contributed by atoms with Crippen LogP contribution in [0.2, 0.25) is 0 Å². The van der Waals surface area contributed by atoms with Gasteiger partial charge in [-0.3, -0.25) is 4.79 Å². The van der Waals surface area contributed by atoms with Gasteiger partial charge in [-0.05, 0) is 72.0 Å². The van der Waals surface area contributed by atoms with E-state index in [9.17, 15) is 27.2 Å². The molecule has 3 aromatic rings. The summed E-state index contributed by atoms with van der Waals surface area (Å²) in [4.78, 5) is 24.5. The second kappa shape index (κ2) is 8.00. The van der Waals surface area contributed by atoms with Gasteiger partial charge in [-0.15, -0.1) is 0 Å². The molecule has 5 rings (SSSR count). The normalized spacial score (nSPS) is 15.5. The largest absolute Gasteiger partial charge is 0.478 e. The number of amides is 1. The monoisotopic (exact) mass is 491 g/mol. The zero-order valence-electron chi connectivity index (χ0n) is 17.9. The molecule has 0 unspecified atom stereocenters. The van der Waals surface area contributed by atoms with Gasteiger partial charge in [0.05, 0.1) is 16.5 Å². The van der Waals surface area contributed by atoms with E-state index in [0.717, 1.165) is 36.4 Å². The lowest BCUT2D eigenvalue weighted by Crippen LogP contribution is -2.27. The fourth-order valence-corrected chi connectivity index (χ4v) is 4.18. The summed E-state index contributed by atoms with van der Waals surface area (Å²) in [6.45, 7) is 0.0826. The van der Waals surface area contributed by atoms with E-state index in [0.29, 0.717) is 29.9 Å². The van der Waals surface area contributed by atoms with Gasteiger partial charge in [0.2, 0.25) is 12.7 Å². The molecular formula is C25H21F4NO5. The Labute approximate surface area is 199 Å². The Bertz CT molecular complexity index is 1380. The third-order valence-electron chi connectivity index (χ3n) is 6.20. The standard InChI is InChI=1S/C25H17F4NO5.2H2/c26-19-5-1-13(9-17(19)22(31)32)16-11-15(3-4-18(16)25(27,28)29)30-23(33)24(7-8-24)14-2-6-20-21(10-14)35-12-34-20;;/h1-6,9-11H,7-8,12H2,(H,30,33)(H,31,32);2*1H. The summed E-state index contributed by atoms with van der Waals surface area (Å²) >= 11 is 0. The van der Waals surface area contributed by atoms with Crippen molar-refractivity contribution in [3.8, 4) is 22.6 Å². The smallest absolute Gasteiger partial charge is 0.417 e. The second-order valence-electron chi connectivity index (χ2n) is 8.36. The summed E-state index contributed by atoms with van der Waals surface area (Å²) in [5.74, 6) is -1.99. The first-order chi connectivity index (χ1) is 16.6. The van der Waals surface area contributed by atoms with Crippen molar-refractivity contribution < 1.29 is 44.6 Å². The molecule has 1 aliphatic carbocycles. The Morgan fingerprint density at radius 2 is 1.71 bits per heavy atom. The first kappa shape index (κ1) is 22.7. The van der Waals surface area contributed by atoms with Gasteiger partial charge >= 0.3 is 12.1 Å². The fraction of sp³-hybridized carbons (Fsp3) is 0.200. The van der Waals surface area contributed by atoms with E-state index in [1.807, 2.05) is 0 Å². The van der Waals surface area contributed by atoms with Crippen LogP contribution in [0.4, 0.5) is 23.2 Å². The van der Waals surface area contributed by atoms with Gasteiger partial charge in [-0.25, -0.2) is 9.18 Å². The number of anilines is 1. The molecule has 184 valence electrons. The molecular weight excluding hydrogens is 470 g/mol. The van der Waals surface area contributed by atoms with Gasteiger partial charge in [0.25, 0.3) is 0 Å². The third-order valence-corrected chi connectivity index (χ3v) is 6.20. The van der Waals surface area contributed by atoms with Crippen molar-refractivity contribution >= 4 is 17.6 Å². The Kier molecular flexibility index (Phi) is 5.19. The number of carboxylic acids is 1. The summed E-state index contributed by atoms with van der Waals surface area (Å²) in [6.07, 6.45) is -3.67. The summed E-state index contributed by atoms with van der Waals surface area (Å²) < 4.78 is 65.6. The molecule has 10 heteroatoms. The summed E-state index contributed by atoms with van der Waals surface area (Å²) in [7, 11) is 0. The number of ether oxygens (including phenoxy) is 2. The zero-order chi connectivity index (χ0) is 25.0. The van der Waals surface area contributed by atoms with Crippen molar-refractivity contribution in [3.63, 3.8) is 0 Å². The summed E-state index contributed by atoms with van der Waals surface area (Å²) in [5, 5.41) is 11.8. The third kappa shape index (κ3) is 4.05. The van der Waals surface area contributed by atoms with Gasteiger partial charge in [0.1, 0.15) is 5.82 Å². The zero-order valence-corrected chi connectivity index (χ0v) is 17.9. The maximum Gasteiger partial charge on any atom is 0.417 e. The van der Waals surface area contributed by atoms with Crippen molar-refractivity contribution in [3.05, 3.63) is 77.1 Å². The van der Waals surface area contributed by atoms with Crippen molar-refractivity contribution in [2.24, 2.45) is 0 Å². The highest BCUT2D eigenvalue weighted by Gasteiger charge is 2.51. The van der Waals surface area contributed by atoms with Gasteiger partial charge in [0, 0.05) is 8.54 Å². The molecule has 35 heavy (non-hydrogen) atoms. The van der Waals surface area contributed by atoms with Gasteiger partial charge in [0.15, 0.2) is 11.5 Å². The molecule has 1 heterocycles. The Morgan fingerprint density at radius 3 is 2.40 bits per heavy atom. The Balaban J connectivity index is 0.00000190. The first-order valence-electron chi connectivity index (χ1n) is 10.5. The minimum Gasteiger partial charge on any atom is -0.478 e. The first-order valence-corrected chi connectivity index (χ1v) is 10.5. The van der Waals surface area contributed by atoms with E-state index < -0.39 is 40.4 Å². The summed E-state index contributed by atoms with van der Waals surface area (Å²) in [5.41, 5.74) is -2.40. The predicted octanol–water partition coefficient (Wildman–Crippen LogP) is 6.10. The number of hydrogen-bond donors (Lipinski definition) is 2. The van der Waals surface area contributed by atoms with E-state index in [2.05, 4.69) is 5.32 Å². The average molecular weight is 491 g/mol. The molecule has 0 atom stereocenters. The molecule has 1 aliphatic heterocycles. The van der Waals surface area contributed by atoms with Crippen LogP contribution in [0, 0.1) is 5.82 Å². The van der Waals surface area contributed by atoms with E-state index in [1.54, 1.807) is 18.2 Å². The van der Waals surface area contributed by atoms with Crippen molar-refractivity contribution in [1.29, 1.82) is 0 Å². The van der Waals surface area contributed by atoms with Crippen molar-refractivity contribution in [1.82, 2.24) is 0 Å². The highest BCUT2D eigenvalue weighted by atomic mass is 19.4. The number of carbonyl (C=O) groups excluding carboxylic acids is 1. The van der Waals surface area contributed by atoms with Crippen molar-refractivity contribution in [2.75, 3.05) is 12.1 Å². The number of alkyl halides is 3. The Hall–Kier alpha value is -4.08. The van der Waals surface area contributed by atoms with E-state index >= 15 is 0 Å². The number of benzene rings is 3. The number of nitrogens with one attached hydrogen (secondary N) is 1. The average Bonchev–Trinajstić information content (AvgIpc) is 3.49. The van der Waals surface area contributed by atoms with E-state index in [-0.39, 0.29) is 26.5 Å². The van der Waals surface area contributed by atoms with Crippen LogP contribution in [0.1, 0.15) is 37.2 Å². The van der Waals surface area contributed by atoms with Gasteiger partial charge in [-0.2, -0.15) is 13.2 Å². The lowest BCUT2D eigenvalue weighted by Gasteiger charge is -2.19. The summed E-state index contributed by atoms with van der Waals surface area (Å²) in [6, 6.07) is 10.9. The minimum atomic E-state index is -4.76. The van der Waals surface area contributed by atoms with Crippen LogP contribution in [0.25, 0.3) is 11.1 Å². The number of carbonyl (C=O) groups is 2. The van der Waals surface area contributed by atoms with Crippen molar-refractivity contribution in [2.45, 2.75) is 24.4 Å². The maximum absolute atomic E-state index is 13.8.